The third-order valence-corrected chi connectivity index (χ3v) is 1.89. The van der Waals surface area contributed by atoms with Gasteiger partial charge in [-0.25, -0.2) is 0 Å². The molecule has 0 aliphatic heterocycles. The number of hydrogen-bond acceptors (Lipinski definition) is 6. The standard InChI is InChI=1S/3C5H5F3O2.Sm/c3*1-3(9)2-4(10)5(6,7)8;/h3*2,10H,1H3;/b3*4-2-;. The van der Waals surface area contributed by atoms with Crippen molar-refractivity contribution >= 4 is 17.3 Å². The van der Waals surface area contributed by atoms with Gasteiger partial charge in [-0.2, -0.15) is 39.5 Å². The number of aliphatic hydroxyl groups excluding tert-OH is 3. The van der Waals surface area contributed by atoms with E-state index in [1.165, 1.54) is 0 Å². The predicted molar refractivity (Wildman–Crippen MR) is 82.3 cm³/mol. The first-order valence-corrected chi connectivity index (χ1v) is 6.97. The van der Waals surface area contributed by atoms with Gasteiger partial charge in [-0.15, -0.1) is 0 Å². The summed E-state index contributed by atoms with van der Waals surface area (Å²) in [6.45, 7) is 2.76. The minimum Gasteiger partial charge on any atom is -0.504 e. The summed E-state index contributed by atoms with van der Waals surface area (Å²) in [4.78, 5) is 29.9. The summed E-state index contributed by atoms with van der Waals surface area (Å²) < 4.78 is 102. The van der Waals surface area contributed by atoms with Gasteiger partial charge in [-0.1, -0.05) is 0 Å². The fourth-order valence-electron chi connectivity index (χ4n) is 0.823. The third-order valence-electron chi connectivity index (χ3n) is 1.89. The molecule has 0 saturated carbocycles. The number of aliphatic hydroxyl groups is 3. The van der Waals surface area contributed by atoms with Crippen LogP contribution in [0, 0.1) is 40.4 Å². The molecular weight excluding hydrogens is 598 g/mol. The number of carbonyl (C=O) groups is 3. The summed E-state index contributed by atoms with van der Waals surface area (Å²) in [7, 11) is 0. The van der Waals surface area contributed by atoms with E-state index in [0.29, 0.717) is 0 Å². The van der Waals surface area contributed by atoms with Gasteiger partial charge in [-0.3, -0.25) is 14.4 Å². The second-order valence-electron chi connectivity index (χ2n) is 4.91. The molecule has 31 heavy (non-hydrogen) atoms. The molecule has 0 fully saturated rings. The number of halogens is 9. The van der Waals surface area contributed by atoms with Gasteiger partial charge in [0, 0.05) is 58.6 Å². The molecule has 0 radical (unpaired) electrons. The van der Waals surface area contributed by atoms with Crippen molar-refractivity contribution in [2.45, 2.75) is 39.3 Å². The molecule has 0 aliphatic carbocycles. The second kappa shape index (κ2) is 15.2. The van der Waals surface area contributed by atoms with Crippen molar-refractivity contribution in [3.8, 4) is 0 Å². The molecule has 0 amide bonds. The Labute approximate surface area is 201 Å². The topological polar surface area (TPSA) is 112 Å². The predicted octanol–water partition coefficient (Wildman–Crippen LogP) is 4.74. The molecule has 0 saturated heterocycles. The zero-order valence-electron chi connectivity index (χ0n) is 15.6. The molecule has 0 aromatic rings. The van der Waals surface area contributed by atoms with Gasteiger partial charge in [0.15, 0.2) is 17.3 Å². The van der Waals surface area contributed by atoms with Crippen LogP contribution in [-0.2, 0) is 14.4 Å². The maximum Gasteiger partial charge on any atom is 0.448 e. The van der Waals surface area contributed by atoms with Crippen molar-refractivity contribution < 1.29 is 110 Å². The minimum atomic E-state index is -4.81. The monoisotopic (exact) mass is 614 g/mol. The number of alkyl halides is 9. The van der Waals surface area contributed by atoms with E-state index in [0.717, 1.165) is 20.8 Å². The molecule has 0 spiro atoms. The van der Waals surface area contributed by atoms with Gasteiger partial charge in [-0.05, 0) is 20.8 Å². The zero-order chi connectivity index (χ0) is 25.1. The summed E-state index contributed by atoms with van der Waals surface area (Å²) in [5.41, 5.74) is 0. The first-order chi connectivity index (χ1) is 13.0. The van der Waals surface area contributed by atoms with Gasteiger partial charge >= 0.3 is 18.5 Å². The van der Waals surface area contributed by atoms with Gasteiger partial charge in [0.05, 0.1) is 0 Å². The molecule has 16 heteroatoms. The Balaban J connectivity index is -0.000000174. The largest absolute Gasteiger partial charge is 0.504 e. The van der Waals surface area contributed by atoms with Crippen LogP contribution in [0.5, 0.6) is 0 Å². The molecular formula is C15H15F9O6Sm. The quantitative estimate of drug-likeness (QED) is 0.241. The maximum absolute atomic E-state index is 11.3. The fourth-order valence-corrected chi connectivity index (χ4v) is 0.823. The van der Waals surface area contributed by atoms with Gasteiger partial charge in [0.2, 0.25) is 17.3 Å². The number of hydrogen-bond donors (Lipinski definition) is 3. The van der Waals surface area contributed by atoms with E-state index in [2.05, 4.69) is 0 Å². The molecule has 6 nitrogen and oxygen atoms in total. The molecule has 0 aromatic heterocycles. The molecule has 0 rings (SSSR count). The fraction of sp³-hybridized carbons (Fsp3) is 0.400. The van der Waals surface area contributed by atoms with Crippen LogP contribution in [0.25, 0.3) is 0 Å². The van der Waals surface area contributed by atoms with Crippen molar-refractivity contribution in [2.75, 3.05) is 0 Å². The van der Waals surface area contributed by atoms with E-state index >= 15 is 0 Å². The van der Waals surface area contributed by atoms with Crippen molar-refractivity contribution in [1.29, 1.82) is 0 Å². The van der Waals surface area contributed by atoms with Crippen LogP contribution in [0.2, 0.25) is 0 Å². The van der Waals surface area contributed by atoms with Crippen LogP contribution in [-0.4, -0.2) is 51.2 Å². The average Bonchev–Trinajstić information content (AvgIpc) is 2.43. The van der Waals surface area contributed by atoms with Crippen LogP contribution < -0.4 is 0 Å². The zero-order valence-corrected chi connectivity index (χ0v) is 18.2. The summed E-state index contributed by atoms with van der Waals surface area (Å²) in [5.74, 6) is -8.10. The van der Waals surface area contributed by atoms with E-state index in [1.807, 2.05) is 0 Å². The minimum absolute atomic E-state index is 0. The molecule has 0 bridgehead atoms. The van der Waals surface area contributed by atoms with Crippen molar-refractivity contribution in [2.24, 2.45) is 0 Å². The molecule has 180 valence electrons. The van der Waals surface area contributed by atoms with E-state index in [9.17, 15) is 53.9 Å². The van der Waals surface area contributed by atoms with Gasteiger partial charge in [0.25, 0.3) is 0 Å². The Hall–Kier alpha value is -1.66. The van der Waals surface area contributed by atoms with E-state index in [1.54, 1.807) is 0 Å². The van der Waals surface area contributed by atoms with Crippen molar-refractivity contribution in [3.05, 3.63) is 35.5 Å². The van der Waals surface area contributed by atoms with E-state index < -0.39 is 53.2 Å². The Bertz CT molecular complexity index is 606. The van der Waals surface area contributed by atoms with Gasteiger partial charge in [0.1, 0.15) is 0 Å². The van der Waals surface area contributed by atoms with Crippen LogP contribution in [0.1, 0.15) is 20.8 Å². The first kappa shape index (κ1) is 36.7. The van der Waals surface area contributed by atoms with Crippen molar-refractivity contribution in [3.63, 3.8) is 0 Å². The van der Waals surface area contributed by atoms with E-state index in [-0.39, 0.29) is 58.6 Å². The number of rotatable bonds is 3. The Morgan fingerprint density at radius 1 is 0.516 bits per heavy atom. The number of allylic oxidation sites excluding steroid dienone is 6. The van der Waals surface area contributed by atoms with Gasteiger partial charge < -0.3 is 15.3 Å². The summed E-state index contributed by atoms with van der Waals surface area (Å²) in [6, 6.07) is 0. The molecule has 0 aliphatic rings. The normalized spacial score (nSPS) is 13.0. The second-order valence-corrected chi connectivity index (χ2v) is 4.91. The van der Waals surface area contributed by atoms with Crippen molar-refractivity contribution in [1.82, 2.24) is 0 Å². The molecule has 0 unspecified atom stereocenters. The molecule has 0 atom stereocenters. The Morgan fingerprint density at radius 2 is 0.645 bits per heavy atom. The molecule has 0 aromatic carbocycles. The Kier molecular flexibility index (Phi) is 18.0. The average molecular weight is 613 g/mol. The summed E-state index contributed by atoms with van der Waals surface area (Å²) in [5, 5.41) is 24.2. The summed E-state index contributed by atoms with van der Waals surface area (Å²) in [6.07, 6.45) is -14.1. The Morgan fingerprint density at radius 3 is 0.677 bits per heavy atom. The molecule has 0 heterocycles. The van der Waals surface area contributed by atoms with Crippen LogP contribution >= 0.6 is 0 Å². The summed E-state index contributed by atoms with van der Waals surface area (Å²) >= 11 is 0. The maximum atomic E-state index is 11.3. The van der Waals surface area contributed by atoms with Crippen LogP contribution in [0.15, 0.2) is 35.5 Å². The smallest absolute Gasteiger partial charge is 0.448 e. The van der Waals surface area contributed by atoms with E-state index in [4.69, 9.17) is 15.3 Å². The van der Waals surface area contributed by atoms with Crippen LogP contribution in [0.4, 0.5) is 39.5 Å². The number of carbonyl (C=O) groups excluding carboxylic acids is 3. The number of ketones is 3. The SMILES string of the molecule is CC(=O)/C=C(\O)C(F)(F)F.CC(=O)/C=C(\O)C(F)(F)F.CC(=O)/C=C(\O)C(F)(F)F.[Sm]. The van der Waals surface area contributed by atoms with Crippen LogP contribution in [0.3, 0.4) is 0 Å². The first-order valence-electron chi connectivity index (χ1n) is 6.97. The molecule has 3 N–H and O–H groups in total. The third kappa shape index (κ3) is 24.5.